The van der Waals surface area contributed by atoms with E-state index in [1.54, 1.807) is 7.11 Å². The van der Waals surface area contributed by atoms with Crippen molar-refractivity contribution in [2.24, 2.45) is 0 Å². The first-order chi connectivity index (χ1) is 6.61. The second-order valence-electron chi connectivity index (χ2n) is 2.76. The summed E-state index contributed by atoms with van der Waals surface area (Å²) in [6.07, 6.45) is 0.490. The number of thioether (sulfide) groups is 1. The van der Waals surface area contributed by atoms with E-state index >= 15 is 0 Å². The van der Waals surface area contributed by atoms with Crippen molar-refractivity contribution >= 4 is 24.1 Å². The Labute approximate surface area is 87.2 Å². The van der Waals surface area contributed by atoms with Gasteiger partial charge < -0.3 is 15.2 Å². The first-order valence-electron chi connectivity index (χ1n) is 4.14. The number of hydrogen-bond donors (Lipinski definition) is 2. The predicted molar refractivity (Wildman–Crippen MR) is 54.4 cm³/mol. The van der Waals surface area contributed by atoms with E-state index in [9.17, 15) is 9.59 Å². The lowest BCUT2D eigenvalue weighted by Gasteiger charge is -2.12. The monoisotopic (exact) mass is 221 g/mol. The van der Waals surface area contributed by atoms with Crippen LogP contribution in [0.1, 0.15) is 6.92 Å². The summed E-state index contributed by atoms with van der Waals surface area (Å²) in [4.78, 5) is 20.6. The van der Waals surface area contributed by atoms with E-state index in [4.69, 9.17) is 9.84 Å². The highest BCUT2D eigenvalue weighted by molar-refractivity contribution is 7.99. The average molecular weight is 221 g/mol. The number of ether oxygens (including phenoxy) is 1. The van der Waals surface area contributed by atoms with Gasteiger partial charge in [0.15, 0.2) is 0 Å². The molecule has 0 aliphatic rings. The molecule has 1 amide bonds. The third kappa shape index (κ3) is 5.82. The van der Waals surface area contributed by atoms with Gasteiger partial charge in [-0.15, -0.1) is 0 Å². The molecule has 82 valence electrons. The molecule has 2 N–H and O–H groups in total. The number of carbonyl (C=O) groups is 2. The summed E-state index contributed by atoms with van der Waals surface area (Å²) in [6, 6.07) is -0.818. The number of nitrogens with one attached hydrogen (secondary N) is 1. The Kier molecular flexibility index (Phi) is 7.23. The molecule has 0 bridgehead atoms. The highest BCUT2D eigenvalue weighted by Gasteiger charge is 2.16. The summed E-state index contributed by atoms with van der Waals surface area (Å²) in [5.74, 6) is 0.0393. The second-order valence-corrected chi connectivity index (χ2v) is 3.83. The van der Waals surface area contributed by atoms with Crippen LogP contribution in [0.2, 0.25) is 0 Å². The summed E-state index contributed by atoms with van der Waals surface area (Å²) < 4.78 is 4.99. The first kappa shape index (κ1) is 13.2. The van der Waals surface area contributed by atoms with Gasteiger partial charge in [-0.3, -0.25) is 4.79 Å². The maximum atomic E-state index is 10.6. The van der Waals surface area contributed by atoms with Crippen LogP contribution >= 0.6 is 11.8 Å². The van der Waals surface area contributed by atoms with Crippen LogP contribution in [0.4, 0.5) is 0 Å². The topological polar surface area (TPSA) is 75.6 Å². The van der Waals surface area contributed by atoms with Gasteiger partial charge in [0, 0.05) is 18.6 Å². The smallest absolute Gasteiger partial charge is 0.327 e. The van der Waals surface area contributed by atoms with Gasteiger partial charge in [-0.1, -0.05) is 0 Å². The SMILES string of the molecule is COC(C)CSCC(NC=O)C(=O)O. The fourth-order valence-electron chi connectivity index (χ4n) is 0.693. The summed E-state index contributed by atoms with van der Waals surface area (Å²) in [5.41, 5.74) is 0. The van der Waals surface area contributed by atoms with Gasteiger partial charge in [0.25, 0.3) is 0 Å². The molecule has 14 heavy (non-hydrogen) atoms. The molecule has 0 aromatic carbocycles. The zero-order chi connectivity index (χ0) is 11.0. The van der Waals surface area contributed by atoms with E-state index in [-0.39, 0.29) is 6.10 Å². The maximum Gasteiger partial charge on any atom is 0.327 e. The maximum absolute atomic E-state index is 10.6. The third-order valence-electron chi connectivity index (χ3n) is 1.61. The molecule has 0 aromatic heterocycles. The molecule has 0 radical (unpaired) electrons. The summed E-state index contributed by atoms with van der Waals surface area (Å²) in [6.45, 7) is 1.90. The van der Waals surface area contributed by atoms with Gasteiger partial charge in [0.05, 0.1) is 6.10 Å². The lowest BCUT2D eigenvalue weighted by atomic mass is 10.3. The first-order valence-corrected chi connectivity index (χ1v) is 5.30. The Morgan fingerprint density at radius 2 is 2.29 bits per heavy atom. The number of carboxylic acid groups (broad SMARTS) is 1. The number of carboxylic acids is 1. The van der Waals surface area contributed by atoms with Crippen LogP contribution < -0.4 is 5.32 Å². The molecular formula is C8H15NO4S. The van der Waals surface area contributed by atoms with Crippen molar-refractivity contribution in [3.05, 3.63) is 0 Å². The molecule has 2 unspecified atom stereocenters. The van der Waals surface area contributed by atoms with E-state index in [0.717, 1.165) is 0 Å². The van der Waals surface area contributed by atoms with Crippen LogP contribution in [0.25, 0.3) is 0 Å². The molecule has 5 nitrogen and oxygen atoms in total. The van der Waals surface area contributed by atoms with Crippen molar-refractivity contribution < 1.29 is 19.4 Å². The van der Waals surface area contributed by atoms with Crippen molar-refractivity contribution in [2.75, 3.05) is 18.6 Å². The highest BCUT2D eigenvalue weighted by atomic mass is 32.2. The van der Waals surface area contributed by atoms with Crippen LogP contribution in [-0.4, -0.2) is 48.2 Å². The molecule has 0 aromatic rings. The molecule has 0 aliphatic carbocycles. The van der Waals surface area contributed by atoms with E-state index in [2.05, 4.69) is 5.32 Å². The van der Waals surface area contributed by atoms with Crippen LogP contribution in [0.3, 0.4) is 0 Å². The fraction of sp³-hybridized carbons (Fsp3) is 0.750. The zero-order valence-corrected chi connectivity index (χ0v) is 9.04. The van der Waals surface area contributed by atoms with E-state index in [0.29, 0.717) is 17.9 Å². The highest BCUT2D eigenvalue weighted by Crippen LogP contribution is 2.06. The molecule has 0 heterocycles. The normalized spacial score (nSPS) is 14.4. The summed E-state index contributed by atoms with van der Waals surface area (Å²) in [5, 5.41) is 10.9. The Hall–Kier alpha value is -0.750. The van der Waals surface area contributed by atoms with Crippen LogP contribution in [0, 0.1) is 0 Å². The predicted octanol–water partition coefficient (Wildman–Crippen LogP) is -0.0463. The number of aliphatic carboxylic acids is 1. The van der Waals surface area contributed by atoms with Crippen molar-refractivity contribution in [1.82, 2.24) is 5.32 Å². The van der Waals surface area contributed by atoms with E-state index in [1.165, 1.54) is 11.8 Å². The minimum atomic E-state index is -1.02. The number of amides is 1. The molecular weight excluding hydrogens is 206 g/mol. The third-order valence-corrected chi connectivity index (χ3v) is 2.88. The molecule has 2 atom stereocenters. The van der Waals surface area contributed by atoms with Gasteiger partial charge in [-0.25, -0.2) is 4.79 Å². The van der Waals surface area contributed by atoms with Gasteiger partial charge >= 0.3 is 5.97 Å². The minimum absolute atomic E-state index is 0.0886. The largest absolute Gasteiger partial charge is 0.480 e. The molecule has 6 heteroatoms. The standard InChI is InChI=1S/C8H15NO4S/c1-6(13-2)3-14-4-7(8(11)12)9-5-10/h5-7H,3-4H2,1-2H3,(H,9,10)(H,11,12). The lowest BCUT2D eigenvalue weighted by molar-refractivity contribution is -0.139. The molecule has 0 fully saturated rings. The number of methoxy groups -OCH3 is 1. The fourth-order valence-corrected chi connectivity index (χ4v) is 1.77. The molecule has 0 aliphatic heterocycles. The second kappa shape index (κ2) is 7.64. The van der Waals surface area contributed by atoms with E-state index in [1.807, 2.05) is 6.92 Å². The Balaban J connectivity index is 3.71. The van der Waals surface area contributed by atoms with Crippen LogP contribution in [-0.2, 0) is 14.3 Å². The Bertz CT molecular complexity index is 188. The number of carbonyl (C=O) groups excluding carboxylic acids is 1. The summed E-state index contributed by atoms with van der Waals surface area (Å²) >= 11 is 1.44. The van der Waals surface area contributed by atoms with Crippen LogP contribution in [0.15, 0.2) is 0 Å². The number of rotatable bonds is 8. The zero-order valence-electron chi connectivity index (χ0n) is 8.23. The van der Waals surface area contributed by atoms with Crippen molar-refractivity contribution in [1.29, 1.82) is 0 Å². The molecule has 0 rings (SSSR count). The molecule has 0 saturated heterocycles. The van der Waals surface area contributed by atoms with Gasteiger partial charge in [0.2, 0.25) is 6.41 Å². The van der Waals surface area contributed by atoms with Gasteiger partial charge in [-0.05, 0) is 6.92 Å². The number of hydrogen-bond acceptors (Lipinski definition) is 4. The minimum Gasteiger partial charge on any atom is -0.480 e. The molecule has 0 saturated carbocycles. The van der Waals surface area contributed by atoms with Gasteiger partial charge in [-0.2, -0.15) is 11.8 Å². The van der Waals surface area contributed by atoms with Crippen molar-refractivity contribution in [2.45, 2.75) is 19.1 Å². The summed E-state index contributed by atoms with van der Waals surface area (Å²) in [7, 11) is 1.60. The Morgan fingerprint density at radius 3 is 2.71 bits per heavy atom. The van der Waals surface area contributed by atoms with Crippen molar-refractivity contribution in [3.63, 3.8) is 0 Å². The Morgan fingerprint density at radius 1 is 1.64 bits per heavy atom. The van der Waals surface area contributed by atoms with Gasteiger partial charge in [0.1, 0.15) is 6.04 Å². The van der Waals surface area contributed by atoms with Crippen molar-refractivity contribution in [3.8, 4) is 0 Å². The lowest BCUT2D eigenvalue weighted by Crippen LogP contribution is -2.38. The molecule has 0 spiro atoms. The van der Waals surface area contributed by atoms with Crippen LogP contribution in [0.5, 0.6) is 0 Å². The average Bonchev–Trinajstić information content (AvgIpc) is 2.16. The quantitative estimate of drug-likeness (QED) is 0.562. The van der Waals surface area contributed by atoms with E-state index < -0.39 is 12.0 Å².